The highest BCUT2D eigenvalue weighted by Gasteiger charge is 2.10. The topological polar surface area (TPSA) is 56.7 Å². The maximum atomic E-state index is 5.89. The quantitative estimate of drug-likeness (QED) is 0.861. The van der Waals surface area contributed by atoms with Crippen molar-refractivity contribution < 1.29 is 0 Å². The summed E-state index contributed by atoms with van der Waals surface area (Å²) in [5.41, 5.74) is 9.49. The molecule has 2 aromatic rings. The molecule has 0 aromatic carbocycles. The summed E-state index contributed by atoms with van der Waals surface area (Å²) < 4.78 is 2.82. The number of rotatable bonds is 1. The Morgan fingerprint density at radius 3 is 2.60 bits per heavy atom. The SMILES string of the molecule is Cc1ncn(-c2c(N)cncc2Br)c1C. The Morgan fingerprint density at radius 2 is 2.07 bits per heavy atom. The smallest absolute Gasteiger partial charge is 0.0998 e. The molecule has 2 aromatic heterocycles. The van der Waals surface area contributed by atoms with Gasteiger partial charge in [0.2, 0.25) is 0 Å². The van der Waals surface area contributed by atoms with E-state index < -0.39 is 0 Å². The van der Waals surface area contributed by atoms with Crippen molar-refractivity contribution in [1.29, 1.82) is 0 Å². The first-order chi connectivity index (χ1) is 7.11. The maximum Gasteiger partial charge on any atom is 0.0998 e. The molecule has 15 heavy (non-hydrogen) atoms. The van der Waals surface area contributed by atoms with Crippen LogP contribution in [0.15, 0.2) is 23.2 Å². The average Bonchev–Trinajstić information content (AvgIpc) is 2.49. The van der Waals surface area contributed by atoms with Crippen LogP contribution < -0.4 is 5.73 Å². The molecule has 0 saturated heterocycles. The number of anilines is 1. The number of halogens is 1. The van der Waals surface area contributed by atoms with E-state index in [0.717, 1.165) is 21.5 Å². The molecular weight excluding hydrogens is 256 g/mol. The molecule has 2 heterocycles. The molecule has 0 amide bonds. The molecule has 2 rings (SSSR count). The fourth-order valence-electron chi connectivity index (χ4n) is 1.42. The van der Waals surface area contributed by atoms with Gasteiger partial charge in [-0.15, -0.1) is 0 Å². The fourth-order valence-corrected chi connectivity index (χ4v) is 1.96. The van der Waals surface area contributed by atoms with Crippen LogP contribution in [0.3, 0.4) is 0 Å². The van der Waals surface area contributed by atoms with Crippen LogP contribution >= 0.6 is 15.9 Å². The van der Waals surface area contributed by atoms with E-state index in [0.29, 0.717) is 5.69 Å². The number of nitrogen functional groups attached to an aromatic ring is 1. The van der Waals surface area contributed by atoms with Gasteiger partial charge in [0.15, 0.2) is 0 Å². The monoisotopic (exact) mass is 266 g/mol. The molecule has 5 heteroatoms. The maximum absolute atomic E-state index is 5.89. The predicted molar refractivity (Wildman–Crippen MR) is 62.9 cm³/mol. The lowest BCUT2D eigenvalue weighted by atomic mass is 10.3. The lowest BCUT2D eigenvalue weighted by molar-refractivity contribution is 0.991. The third-order valence-electron chi connectivity index (χ3n) is 2.39. The summed E-state index contributed by atoms with van der Waals surface area (Å²) in [6.45, 7) is 3.98. The highest BCUT2D eigenvalue weighted by Crippen LogP contribution is 2.27. The molecule has 2 N–H and O–H groups in total. The molecule has 0 radical (unpaired) electrons. The lowest BCUT2D eigenvalue weighted by Crippen LogP contribution is -2.02. The molecule has 4 nitrogen and oxygen atoms in total. The van der Waals surface area contributed by atoms with E-state index in [4.69, 9.17) is 5.73 Å². The minimum absolute atomic E-state index is 0.630. The molecule has 0 fully saturated rings. The first kappa shape index (κ1) is 10.2. The first-order valence-corrected chi connectivity index (χ1v) is 5.30. The molecular formula is C10H11BrN4. The average molecular weight is 267 g/mol. The van der Waals surface area contributed by atoms with Gasteiger partial charge in [0, 0.05) is 11.9 Å². The summed E-state index contributed by atoms with van der Waals surface area (Å²) in [4.78, 5) is 8.24. The normalized spacial score (nSPS) is 10.6. The number of nitrogens with zero attached hydrogens (tertiary/aromatic N) is 3. The number of hydrogen-bond donors (Lipinski definition) is 1. The Balaban J connectivity index is 2.69. The highest BCUT2D eigenvalue weighted by atomic mass is 79.9. The molecule has 0 saturated carbocycles. The molecule has 78 valence electrons. The van der Waals surface area contributed by atoms with Crippen LogP contribution in [0.1, 0.15) is 11.4 Å². The van der Waals surface area contributed by atoms with Crippen LogP contribution in [0.5, 0.6) is 0 Å². The van der Waals surface area contributed by atoms with E-state index in [1.165, 1.54) is 0 Å². The second-order valence-corrected chi connectivity index (χ2v) is 4.20. The molecule has 0 aliphatic carbocycles. The first-order valence-electron chi connectivity index (χ1n) is 4.51. The number of aromatic nitrogens is 3. The van der Waals surface area contributed by atoms with E-state index >= 15 is 0 Å². The lowest BCUT2D eigenvalue weighted by Gasteiger charge is -2.10. The Labute approximate surface area is 96.3 Å². The van der Waals surface area contributed by atoms with Crippen LogP contribution in [0, 0.1) is 13.8 Å². The van der Waals surface area contributed by atoms with Crippen molar-refractivity contribution in [3.8, 4) is 5.69 Å². The highest BCUT2D eigenvalue weighted by molar-refractivity contribution is 9.10. The number of hydrogen-bond acceptors (Lipinski definition) is 3. The van der Waals surface area contributed by atoms with Gasteiger partial charge in [-0.05, 0) is 29.8 Å². The molecule has 0 spiro atoms. The van der Waals surface area contributed by atoms with Gasteiger partial charge in [0.1, 0.15) is 0 Å². The van der Waals surface area contributed by atoms with Crippen molar-refractivity contribution in [2.24, 2.45) is 0 Å². The zero-order valence-electron chi connectivity index (χ0n) is 8.53. The molecule has 0 unspecified atom stereocenters. The number of pyridine rings is 1. The predicted octanol–water partition coefficient (Wildman–Crippen LogP) is 2.23. The Hall–Kier alpha value is -1.36. The van der Waals surface area contributed by atoms with Gasteiger partial charge in [-0.1, -0.05) is 0 Å². The van der Waals surface area contributed by atoms with Crippen molar-refractivity contribution in [3.63, 3.8) is 0 Å². The number of nitrogens with two attached hydrogens (primary N) is 1. The number of aryl methyl sites for hydroxylation is 1. The minimum Gasteiger partial charge on any atom is -0.396 e. The third kappa shape index (κ3) is 1.63. The zero-order valence-corrected chi connectivity index (χ0v) is 10.1. The summed E-state index contributed by atoms with van der Waals surface area (Å²) in [5, 5.41) is 0. The van der Waals surface area contributed by atoms with Crippen molar-refractivity contribution >= 4 is 21.6 Å². The molecule has 0 bridgehead atoms. The zero-order chi connectivity index (χ0) is 11.0. The van der Waals surface area contributed by atoms with Gasteiger partial charge in [-0.25, -0.2) is 4.98 Å². The van der Waals surface area contributed by atoms with Crippen LogP contribution in [0.4, 0.5) is 5.69 Å². The summed E-state index contributed by atoms with van der Waals surface area (Å²) in [5.74, 6) is 0. The van der Waals surface area contributed by atoms with Gasteiger partial charge in [-0.2, -0.15) is 0 Å². The summed E-state index contributed by atoms with van der Waals surface area (Å²) in [7, 11) is 0. The van der Waals surface area contributed by atoms with Crippen LogP contribution in [-0.2, 0) is 0 Å². The van der Waals surface area contributed by atoms with Crippen LogP contribution in [0.2, 0.25) is 0 Å². The van der Waals surface area contributed by atoms with Gasteiger partial charge in [0.05, 0.1) is 34.1 Å². The second-order valence-electron chi connectivity index (χ2n) is 3.34. The van der Waals surface area contributed by atoms with E-state index in [-0.39, 0.29) is 0 Å². The van der Waals surface area contributed by atoms with Gasteiger partial charge >= 0.3 is 0 Å². The van der Waals surface area contributed by atoms with Crippen molar-refractivity contribution in [1.82, 2.24) is 14.5 Å². The minimum atomic E-state index is 0.630. The van der Waals surface area contributed by atoms with Crippen molar-refractivity contribution in [2.45, 2.75) is 13.8 Å². The third-order valence-corrected chi connectivity index (χ3v) is 2.97. The second kappa shape index (κ2) is 3.66. The van der Waals surface area contributed by atoms with Gasteiger partial charge in [0.25, 0.3) is 0 Å². The van der Waals surface area contributed by atoms with E-state index in [1.807, 2.05) is 18.4 Å². The fraction of sp³-hybridized carbons (Fsp3) is 0.200. The number of imidazole rings is 1. The summed E-state index contributed by atoms with van der Waals surface area (Å²) in [6, 6.07) is 0. The van der Waals surface area contributed by atoms with Crippen molar-refractivity contribution in [2.75, 3.05) is 5.73 Å². The van der Waals surface area contributed by atoms with E-state index in [9.17, 15) is 0 Å². The van der Waals surface area contributed by atoms with E-state index in [2.05, 4.69) is 25.9 Å². The van der Waals surface area contributed by atoms with Gasteiger partial charge < -0.3 is 10.3 Å². The van der Waals surface area contributed by atoms with Crippen molar-refractivity contribution in [3.05, 3.63) is 34.6 Å². The van der Waals surface area contributed by atoms with Gasteiger partial charge in [-0.3, -0.25) is 4.98 Å². The molecule has 0 aliphatic heterocycles. The molecule has 0 aliphatic rings. The largest absolute Gasteiger partial charge is 0.396 e. The molecule has 0 atom stereocenters. The van der Waals surface area contributed by atoms with Crippen LogP contribution in [0.25, 0.3) is 5.69 Å². The summed E-state index contributed by atoms with van der Waals surface area (Å²) >= 11 is 3.44. The van der Waals surface area contributed by atoms with Crippen LogP contribution in [-0.4, -0.2) is 14.5 Å². The summed E-state index contributed by atoms with van der Waals surface area (Å²) in [6.07, 6.45) is 5.12. The Morgan fingerprint density at radius 1 is 1.33 bits per heavy atom. The Bertz CT molecular complexity index is 484. The standard InChI is InChI=1S/C10H11BrN4/c1-6-7(2)15(5-14-6)10-8(11)3-13-4-9(10)12/h3-5H,12H2,1-2H3. The van der Waals surface area contributed by atoms with E-state index in [1.54, 1.807) is 18.7 Å². The Kier molecular flexibility index (Phi) is 2.48.